The molecule has 0 aliphatic carbocycles. The molecule has 24 heavy (non-hydrogen) atoms. The Morgan fingerprint density at radius 1 is 1.29 bits per heavy atom. The lowest BCUT2D eigenvalue weighted by Crippen LogP contribution is -2.54. The van der Waals surface area contributed by atoms with E-state index in [1.807, 2.05) is 27.7 Å². The van der Waals surface area contributed by atoms with E-state index in [4.69, 9.17) is 4.74 Å². The van der Waals surface area contributed by atoms with Gasteiger partial charge in [-0.2, -0.15) is 0 Å². The quantitative estimate of drug-likeness (QED) is 0.872. The molecule has 1 aromatic rings. The van der Waals surface area contributed by atoms with Crippen molar-refractivity contribution in [1.82, 2.24) is 4.90 Å². The number of carbonyl (C=O) groups excluding carboxylic acids is 1. The lowest BCUT2D eigenvalue weighted by atomic mass is 9.86. The van der Waals surface area contributed by atoms with E-state index in [1.54, 1.807) is 4.90 Å². The number of ether oxygens (including phenoxy) is 1. The van der Waals surface area contributed by atoms with Crippen molar-refractivity contribution in [2.75, 3.05) is 13.2 Å². The number of fused-ring (bicyclic) bond motifs is 1. The molecule has 2 N–H and O–H groups in total. The first kappa shape index (κ1) is 17.1. The zero-order valence-corrected chi connectivity index (χ0v) is 15.0. The third-order valence-corrected chi connectivity index (χ3v) is 5.82. The van der Waals surface area contributed by atoms with E-state index in [2.05, 4.69) is 0 Å². The number of carbonyl (C=O) groups is 1. The highest BCUT2D eigenvalue weighted by atomic mass is 16.5. The number of hydrogen-bond donors (Lipinski definition) is 2. The second-order valence-electron chi connectivity index (χ2n) is 7.34. The Hall–Kier alpha value is -1.75. The fraction of sp³-hybridized carbons (Fsp3) is 0.632. The summed E-state index contributed by atoms with van der Waals surface area (Å²) in [5.74, 6) is 1.03. The Morgan fingerprint density at radius 2 is 2.00 bits per heavy atom. The van der Waals surface area contributed by atoms with E-state index in [-0.39, 0.29) is 18.6 Å². The fourth-order valence-corrected chi connectivity index (χ4v) is 3.99. The van der Waals surface area contributed by atoms with E-state index in [0.29, 0.717) is 25.1 Å². The fourth-order valence-electron chi connectivity index (χ4n) is 3.99. The summed E-state index contributed by atoms with van der Waals surface area (Å²) in [7, 11) is 0. The van der Waals surface area contributed by atoms with Crippen LogP contribution in [0.5, 0.6) is 11.5 Å². The standard InChI is InChI=1S/C19H27NO4/c1-11-12(2)17-15(13(3)16(11)22)7-8-19(4,24-17)18(23)20-9-5-6-14(20)10-21/h14,21-22H,5-10H2,1-4H3/t14-,19?/m0/s1. The van der Waals surface area contributed by atoms with Crippen LogP contribution >= 0.6 is 0 Å². The van der Waals surface area contributed by atoms with Crippen LogP contribution in [0.1, 0.15) is 48.4 Å². The lowest BCUT2D eigenvalue weighted by Gasteiger charge is -2.40. The number of aliphatic hydroxyl groups excluding tert-OH is 1. The van der Waals surface area contributed by atoms with Gasteiger partial charge in [-0.3, -0.25) is 4.79 Å². The van der Waals surface area contributed by atoms with E-state index >= 15 is 0 Å². The molecule has 0 saturated carbocycles. The Labute approximate surface area is 143 Å². The van der Waals surface area contributed by atoms with Crippen molar-refractivity contribution in [2.24, 2.45) is 0 Å². The molecule has 2 aliphatic rings. The molecule has 0 radical (unpaired) electrons. The summed E-state index contributed by atoms with van der Waals surface area (Å²) in [5, 5.41) is 19.8. The number of benzene rings is 1. The largest absolute Gasteiger partial charge is 0.507 e. The van der Waals surface area contributed by atoms with Gasteiger partial charge in [0.2, 0.25) is 0 Å². The van der Waals surface area contributed by atoms with Gasteiger partial charge in [0.25, 0.3) is 5.91 Å². The summed E-state index contributed by atoms with van der Waals surface area (Å²) < 4.78 is 6.25. The van der Waals surface area contributed by atoms with Crippen molar-refractivity contribution < 1.29 is 19.7 Å². The molecule has 1 fully saturated rings. The van der Waals surface area contributed by atoms with E-state index in [0.717, 1.165) is 40.8 Å². The third kappa shape index (κ3) is 2.46. The predicted octanol–water partition coefficient (Wildman–Crippen LogP) is 2.38. The van der Waals surface area contributed by atoms with Gasteiger partial charge in [-0.05, 0) is 63.6 Å². The second-order valence-corrected chi connectivity index (χ2v) is 7.34. The maximum absolute atomic E-state index is 13.1. The number of phenolic OH excluding ortho intramolecular Hbond substituents is 1. The van der Waals surface area contributed by atoms with Crippen LogP contribution < -0.4 is 4.74 Å². The predicted molar refractivity (Wildman–Crippen MR) is 91.5 cm³/mol. The molecule has 5 nitrogen and oxygen atoms in total. The third-order valence-electron chi connectivity index (χ3n) is 5.82. The van der Waals surface area contributed by atoms with Gasteiger partial charge in [0.15, 0.2) is 5.60 Å². The van der Waals surface area contributed by atoms with Crippen molar-refractivity contribution in [2.45, 2.75) is 65.0 Å². The van der Waals surface area contributed by atoms with Crippen LogP contribution in [0.4, 0.5) is 0 Å². The van der Waals surface area contributed by atoms with Gasteiger partial charge in [-0.1, -0.05) is 0 Å². The van der Waals surface area contributed by atoms with Crippen LogP contribution in [0.2, 0.25) is 0 Å². The van der Waals surface area contributed by atoms with Crippen LogP contribution in [-0.2, 0) is 11.2 Å². The summed E-state index contributed by atoms with van der Waals surface area (Å²) in [6.45, 7) is 8.23. The monoisotopic (exact) mass is 333 g/mol. The molecule has 1 aromatic carbocycles. The molecule has 2 heterocycles. The normalized spacial score (nSPS) is 26.2. The first-order valence-corrected chi connectivity index (χ1v) is 8.72. The minimum atomic E-state index is -0.911. The average Bonchev–Trinajstić information content (AvgIpc) is 3.05. The maximum Gasteiger partial charge on any atom is 0.266 e. The summed E-state index contributed by atoms with van der Waals surface area (Å²) in [6.07, 6.45) is 3.06. The molecule has 132 valence electrons. The number of amides is 1. The Morgan fingerprint density at radius 3 is 2.67 bits per heavy atom. The number of rotatable bonds is 2. The molecule has 0 bridgehead atoms. The van der Waals surface area contributed by atoms with Gasteiger partial charge in [-0.25, -0.2) is 0 Å². The molecule has 0 spiro atoms. The maximum atomic E-state index is 13.1. The highest BCUT2D eigenvalue weighted by Gasteiger charge is 2.45. The number of likely N-dealkylation sites (tertiary alicyclic amines) is 1. The van der Waals surface area contributed by atoms with Crippen molar-refractivity contribution >= 4 is 5.91 Å². The Kier molecular flexibility index (Phi) is 4.24. The van der Waals surface area contributed by atoms with Crippen molar-refractivity contribution in [3.63, 3.8) is 0 Å². The molecule has 1 saturated heterocycles. The first-order valence-electron chi connectivity index (χ1n) is 8.72. The zero-order valence-electron chi connectivity index (χ0n) is 15.0. The molecular formula is C19H27NO4. The molecule has 1 amide bonds. The van der Waals surface area contributed by atoms with Crippen molar-refractivity contribution in [1.29, 1.82) is 0 Å². The lowest BCUT2D eigenvalue weighted by molar-refractivity contribution is -0.150. The molecule has 2 aliphatic heterocycles. The SMILES string of the molecule is Cc1c(C)c2c(c(C)c1O)CCC(C)(C(=O)N1CCC[C@H]1CO)O2. The first-order chi connectivity index (χ1) is 11.3. The van der Waals surface area contributed by atoms with E-state index < -0.39 is 5.60 Å². The number of hydrogen-bond acceptors (Lipinski definition) is 4. The summed E-state index contributed by atoms with van der Waals surface area (Å²) in [5.41, 5.74) is 2.63. The van der Waals surface area contributed by atoms with Crippen LogP contribution in [0.3, 0.4) is 0 Å². The van der Waals surface area contributed by atoms with Gasteiger partial charge in [-0.15, -0.1) is 0 Å². The summed E-state index contributed by atoms with van der Waals surface area (Å²) in [6, 6.07) is -0.0938. The topological polar surface area (TPSA) is 70.0 Å². The number of aromatic hydroxyl groups is 1. The molecule has 2 atom stereocenters. The summed E-state index contributed by atoms with van der Waals surface area (Å²) in [4.78, 5) is 14.9. The molecule has 3 rings (SSSR count). The van der Waals surface area contributed by atoms with E-state index in [1.165, 1.54) is 0 Å². The van der Waals surface area contributed by atoms with Crippen LogP contribution in [0.25, 0.3) is 0 Å². The highest BCUT2D eigenvalue weighted by molar-refractivity contribution is 5.86. The smallest absolute Gasteiger partial charge is 0.266 e. The van der Waals surface area contributed by atoms with E-state index in [9.17, 15) is 15.0 Å². The van der Waals surface area contributed by atoms with Crippen molar-refractivity contribution in [3.05, 3.63) is 22.3 Å². The highest BCUT2D eigenvalue weighted by Crippen LogP contribution is 2.44. The number of phenols is 1. The second kappa shape index (κ2) is 5.96. The van der Waals surface area contributed by atoms with Gasteiger partial charge < -0.3 is 19.8 Å². The molecular weight excluding hydrogens is 306 g/mol. The van der Waals surface area contributed by atoms with Crippen LogP contribution in [0.15, 0.2) is 0 Å². The zero-order chi connectivity index (χ0) is 17.6. The average molecular weight is 333 g/mol. The van der Waals surface area contributed by atoms with Crippen LogP contribution in [-0.4, -0.2) is 45.8 Å². The molecule has 1 unspecified atom stereocenters. The molecule has 0 aromatic heterocycles. The van der Waals surface area contributed by atoms with Gasteiger partial charge in [0.05, 0.1) is 12.6 Å². The van der Waals surface area contributed by atoms with Gasteiger partial charge in [0.1, 0.15) is 11.5 Å². The minimum absolute atomic E-state index is 0.00350. The van der Waals surface area contributed by atoms with Crippen LogP contribution in [0, 0.1) is 20.8 Å². The molecule has 5 heteroatoms. The Balaban J connectivity index is 1.95. The number of nitrogens with zero attached hydrogens (tertiary/aromatic N) is 1. The van der Waals surface area contributed by atoms with Gasteiger partial charge in [0, 0.05) is 18.5 Å². The van der Waals surface area contributed by atoms with Crippen molar-refractivity contribution in [3.8, 4) is 11.5 Å². The van der Waals surface area contributed by atoms with Gasteiger partial charge >= 0.3 is 0 Å². The minimum Gasteiger partial charge on any atom is -0.507 e. The summed E-state index contributed by atoms with van der Waals surface area (Å²) >= 11 is 0. The Bertz CT molecular complexity index is 685. The number of aliphatic hydroxyl groups is 1.